The third-order valence-electron chi connectivity index (χ3n) is 2.62. The van der Waals surface area contributed by atoms with Crippen LogP contribution in [0.15, 0.2) is 18.5 Å². The maximum absolute atomic E-state index is 9.30. The Morgan fingerprint density at radius 3 is 2.74 bits per heavy atom. The average molecular weight is 283 g/mol. The van der Waals surface area contributed by atoms with Gasteiger partial charge in [0.05, 0.1) is 12.6 Å². The van der Waals surface area contributed by atoms with Crippen LogP contribution in [-0.4, -0.2) is 42.5 Å². The van der Waals surface area contributed by atoms with Gasteiger partial charge in [-0.3, -0.25) is 0 Å². The van der Waals surface area contributed by atoms with Crippen molar-refractivity contribution in [2.45, 2.75) is 19.9 Å². The predicted octanol–water partition coefficient (Wildman–Crippen LogP) is 1.14. The van der Waals surface area contributed by atoms with Crippen molar-refractivity contribution < 1.29 is 5.11 Å². The van der Waals surface area contributed by atoms with E-state index in [1.165, 1.54) is 4.68 Å². The van der Waals surface area contributed by atoms with E-state index in [2.05, 4.69) is 25.4 Å². The van der Waals surface area contributed by atoms with Gasteiger partial charge in [-0.15, -0.1) is 0 Å². The molecule has 0 aromatic carbocycles. The van der Waals surface area contributed by atoms with E-state index in [-0.39, 0.29) is 23.9 Å². The third-order valence-corrected chi connectivity index (χ3v) is 2.79. The van der Waals surface area contributed by atoms with E-state index >= 15 is 0 Å². The van der Waals surface area contributed by atoms with Gasteiger partial charge in [-0.25, -0.2) is 4.68 Å². The number of nitrogens with zero attached hydrogens (tertiary/aromatic N) is 5. The molecule has 1 atom stereocenters. The maximum atomic E-state index is 9.30. The molecule has 0 aliphatic heterocycles. The minimum atomic E-state index is -0.149. The lowest BCUT2D eigenvalue weighted by Crippen LogP contribution is -2.30. The van der Waals surface area contributed by atoms with Crippen molar-refractivity contribution in [1.29, 1.82) is 0 Å². The monoisotopic (exact) mass is 282 g/mol. The molecule has 0 fully saturated rings. The molecular formula is C11H15ClN6O. The molecule has 2 aromatic rings. The number of nitrogens with one attached hydrogen (secondary N) is 1. The van der Waals surface area contributed by atoms with E-state index in [0.29, 0.717) is 11.9 Å². The van der Waals surface area contributed by atoms with Gasteiger partial charge in [0, 0.05) is 12.4 Å². The highest BCUT2D eigenvalue weighted by Crippen LogP contribution is 2.12. The third kappa shape index (κ3) is 3.39. The van der Waals surface area contributed by atoms with Gasteiger partial charge in [0.1, 0.15) is 0 Å². The molecular weight excluding hydrogens is 268 g/mol. The minimum Gasteiger partial charge on any atom is -0.394 e. The molecule has 2 heterocycles. The first kappa shape index (κ1) is 13.7. The minimum absolute atomic E-state index is 0.0158. The summed E-state index contributed by atoms with van der Waals surface area (Å²) in [6, 6.07) is 1.61. The molecule has 0 saturated carbocycles. The van der Waals surface area contributed by atoms with Gasteiger partial charge < -0.3 is 10.4 Å². The van der Waals surface area contributed by atoms with Crippen LogP contribution in [-0.2, 0) is 0 Å². The Kier molecular flexibility index (Phi) is 4.28. The fourth-order valence-electron chi connectivity index (χ4n) is 1.48. The summed E-state index contributed by atoms with van der Waals surface area (Å²) in [5.41, 5.74) is 0. The number of aliphatic hydroxyl groups excluding tert-OH is 1. The van der Waals surface area contributed by atoms with Crippen LogP contribution in [0.1, 0.15) is 13.8 Å². The van der Waals surface area contributed by atoms with Crippen molar-refractivity contribution in [3.8, 4) is 5.95 Å². The fourth-order valence-corrected chi connectivity index (χ4v) is 1.64. The highest BCUT2D eigenvalue weighted by Gasteiger charge is 2.15. The predicted molar refractivity (Wildman–Crippen MR) is 71.3 cm³/mol. The lowest BCUT2D eigenvalue weighted by molar-refractivity contribution is 0.248. The van der Waals surface area contributed by atoms with Crippen LogP contribution in [0.5, 0.6) is 0 Å². The van der Waals surface area contributed by atoms with E-state index in [0.717, 1.165) is 0 Å². The quantitative estimate of drug-likeness (QED) is 0.855. The SMILES string of the molecule is CC(C)[C@@H](CO)Nc1nc(Cl)nc(-n2cccn2)n1. The number of rotatable bonds is 5. The maximum Gasteiger partial charge on any atom is 0.256 e. The lowest BCUT2D eigenvalue weighted by Gasteiger charge is -2.19. The molecule has 102 valence electrons. The van der Waals surface area contributed by atoms with Gasteiger partial charge in [0.2, 0.25) is 11.2 Å². The van der Waals surface area contributed by atoms with Crippen LogP contribution < -0.4 is 5.32 Å². The smallest absolute Gasteiger partial charge is 0.256 e. The highest BCUT2D eigenvalue weighted by atomic mass is 35.5. The second-order valence-corrected chi connectivity index (χ2v) is 4.69. The molecule has 0 saturated heterocycles. The van der Waals surface area contributed by atoms with Gasteiger partial charge in [-0.05, 0) is 23.6 Å². The van der Waals surface area contributed by atoms with Crippen molar-refractivity contribution in [2.24, 2.45) is 5.92 Å². The lowest BCUT2D eigenvalue weighted by atomic mass is 10.1. The fraction of sp³-hybridized carbons (Fsp3) is 0.455. The number of hydrogen-bond donors (Lipinski definition) is 2. The van der Waals surface area contributed by atoms with Gasteiger partial charge in [0.25, 0.3) is 5.95 Å². The van der Waals surface area contributed by atoms with E-state index in [4.69, 9.17) is 11.6 Å². The van der Waals surface area contributed by atoms with Crippen LogP contribution in [0, 0.1) is 5.92 Å². The Morgan fingerprint density at radius 1 is 1.37 bits per heavy atom. The van der Waals surface area contributed by atoms with E-state index in [1.807, 2.05) is 13.8 Å². The van der Waals surface area contributed by atoms with E-state index < -0.39 is 0 Å². The summed E-state index contributed by atoms with van der Waals surface area (Å²) in [5.74, 6) is 0.875. The molecule has 0 aliphatic carbocycles. The second-order valence-electron chi connectivity index (χ2n) is 4.36. The average Bonchev–Trinajstić information content (AvgIpc) is 2.88. The van der Waals surface area contributed by atoms with Gasteiger partial charge >= 0.3 is 0 Å². The first-order chi connectivity index (χ1) is 9.10. The molecule has 2 aromatic heterocycles. The topological polar surface area (TPSA) is 88.8 Å². The first-order valence-corrected chi connectivity index (χ1v) is 6.27. The summed E-state index contributed by atoms with van der Waals surface area (Å²) in [7, 11) is 0. The van der Waals surface area contributed by atoms with Crippen LogP contribution in [0.4, 0.5) is 5.95 Å². The number of halogens is 1. The normalized spacial score (nSPS) is 12.7. The standard InChI is InChI=1S/C11H15ClN6O/c1-7(2)8(6-19)14-10-15-9(12)16-11(17-10)18-5-3-4-13-18/h3-5,7-8,19H,6H2,1-2H3,(H,14,15,16,17)/t8-/m1/s1. The summed E-state index contributed by atoms with van der Waals surface area (Å²) in [5, 5.41) is 16.4. The van der Waals surface area contributed by atoms with E-state index in [1.54, 1.807) is 18.5 Å². The number of aliphatic hydroxyl groups is 1. The first-order valence-electron chi connectivity index (χ1n) is 5.89. The molecule has 0 spiro atoms. The molecule has 7 nitrogen and oxygen atoms in total. The molecule has 0 amide bonds. The van der Waals surface area contributed by atoms with Crippen molar-refractivity contribution >= 4 is 17.5 Å². The molecule has 0 bridgehead atoms. The largest absolute Gasteiger partial charge is 0.394 e. The van der Waals surface area contributed by atoms with Crippen molar-refractivity contribution in [2.75, 3.05) is 11.9 Å². The molecule has 2 N–H and O–H groups in total. The summed E-state index contributed by atoms with van der Waals surface area (Å²) in [6.45, 7) is 3.97. The van der Waals surface area contributed by atoms with Gasteiger partial charge in [-0.1, -0.05) is 13.8 Å². The zero-order chi connectivity index (χ0) is 13.8. The van der Waals surface area contributed by atoms with Gasteiger partial charge in [-0.2, -0.15) is 20.1 Å². The van der Waals surface area contributed by atoms with Crippen LogP contribution in [0.2, 0.25) is 5.28 Å². The Labute approximate surface area is 115 Å². The Hall–Kier alpha value is -1.73. The van der Waals surface area contributed by atoms with Crippen LogP contribution in [0.25, 0.3) is 5.95 Å². The zero-order valence-electron chi connectivity index (χ0n) is 10.7. The summed E-state index contributed by atoms with van der Waals surface area (Å²) in [4.78, 5) is 12.2. The zero-order valence-corrected chi connectivity index (χ0v) is 11.4. The van der Waals surface area contributed by atoms with Crippen LogP contribution in [0.3, 0.4) is 0 Å². The van der Waals surface area contributed by atoms with Crippen molar-refractivity contribution in [3.63, 3.8) is 0 Å². The van der Waals surface area contributed by atoms with E-state index in [9.17, 15) is 5.11 Å². The molecule has 0 unspecified atom stereocenters. The Bertz CT molecular complexity index is 530. The number of anilines is 1. The Morgan fingerprint density at radius 2 is 2.16 bits per heavy atom. The molecule has 2 rings (SSSR count). The molecule has 0 aliphatic rings. The second kappa shape index (κ2) is 5.94. The van der Waals surface area contributed by atoms with Crippen LogP contribution >= 0.6 is 11.6 Å². The Balaban J connectivity index is 2.27. The summed E-state index contributed by atoms with van der Waals surface area (Å²) in [6.07, 6.45) is 3.33. The molecule has 8 heteroatoms. The summed E-state index contributed by atoms with van der Waals surface area (Å²) >= 11 is 5.87. The summed E-state index contributed by atoms with van der Waals surface area (Å²) < 4.78 is 1.49. The molecule has 0 radical (unpaired) electrons. The number of aromatic nitrogens is 5. The van der Waals surface area contributed by atoms with Gasteiger partial charge in [0.15, 0.2) is 0 Å². The molecule has 19 heavy (non-hydrogen) atoms. The van der Waals surface area contributed by atoms with Crippen molar-refractivity contribution in [1.82, 2.24) is 24.7 Å². The highest BCUT2D eigenvalue weighted by molar-refractivity contribution is 6.28. The number of hydrogen-bond acceptors (Lipinski definition) is 6. The van der Waals surface area contributed by atoms with Crippen molar-refractivity contribution in [3.05, 3.63) is 23.7 Å².